The van der Waals surface area contributed by atoms with Gasteiger partial charge < -0.3 is 0 Å². The van der Waals surface area contributed by atoms with E-state index in [0.29, 0.717) is 45.1 Å². The summed E-state index contributed by atoms with van der Waals surface area (Å²) in [5, 5.41) is 11.1. The van der Waals surface area contributed by atoms with Crippen LogP contribution in [0, 0.1) is 13.8 Å². The van der Waals surface area contributed by atoms with Gasteiger partial charge in [0.1, 0.15) is 0 Å². The number of aromatic nitrogens is 6. The van der Waals surface area contributed by atoms with E-state index in [1.165, 1.54) is 11.8 Å². The Kier molecular flexibility index (Phi) is 5.67. The minimum absolute atomic E-state index is 0.0808. The highest BCUT2D eigenvalue weighted by atomic mass is 35.5. The molecule has 0 spiro atoms. The second kappa shape index (κ2) is 8.22. The van der Waals surface area contributed by atoms with Crippen molar-refractivity contribution in [2.24, 2.45) is 0 Å². The Balaban J connectivity index is 1.68. The van der Waals surface area contributed by atoms with Gasteiger partial charge >= 0.3 is 0 Å². The van der Waals surface area contributed by atoms with Gasteiger partial charge in [0.25, 0.3) is 5.56 Å². The van der Waals surface area contributed by atoms with E-state index in [4.69, 9.17) is 28.2 Å². The van der Waals surface area contributed by atoms with Crippen LogP contribution in [0.3, 0.4) is 0 Å². The number of hydrogen-bond acceptors (Lipinski definition) is 5. The zero-order valence-corrected chi connectivity index (χ0v) is 18.2. The fraction of sp³-hybridized carbons (Fsp3) is 0.263. The first-order valence-electron chi connectivity index (χ1n) is 8.94. The summed E-state index contributed by atoms with van der Waals surface area (Å²) >= 11 is 13.6. The van der Waals surface area contributed by atoms with E-state index < -0.39 is 0 Å². The van der Waals surface area contributed by atoms with Gasteiger partial charge in [0.2, 0.25) is 0 Å². The Morgan fingerprint density at radius 1 is 1.14 bits per heavy atom. The SMILES string of the molecule is Cc1nn(CSc2nc3ccccc3c(=O)n2CCn2cc(Cl)cn2)c(C)c1Cl. The molecule has 150 valence electrons. The molecule has 0 aliphatic heterocycles. The third-order valence-corrected chi connectivity index (χ3v) is 6.28. The number of rotatable bonds is 6. The number of nitrogens with zero attached hydrogens (tertiary/aromatic N) is 6. The molecule has 0 aliphatic carbocycles. The average Bonchev–Trinajstić information content (AvgIpc) is 3.24. The molecule has 0 saturated heterocycles. The fourth-order valence-electron chi connectivity index (χ4n) is 3.04. The van der Waals surface area contributed by atoms with Crippen molar-refractivity contribution in [3.8, 4) is 0 Å². The normalized spacial score (nSPS) is 11.4. The van der Waals surface area contributed by atoms with Gasteiger partial charge in [-0.05, 0) is 26.0 Å². The topological polar surface area (TPSA) is 70.5 Å². The molecule has 10 heteroatoms. The summed E-state index contributed by atoms with van der Waals surface area (Å²) in [6, 6.07) is 7.35. The predicted octanol–water partition coefficient (Wildman–Crippen LogP) is 4.16. The maximum atomic E-state index is 13.1. The van der Waals surface area contributed by atoms with Gasteiger partial charge in [0.15, 0.2) is 5.16 Å². The van der Waals surface area contributed by atoms with Gasteiger partial charge in [-0.1, -0.05) is 47.1 Å². The third kappa shape index (κ3) is 4.05. The van der Waals surface area contributed by atoms with E-state index in [2.05, 4.69) is 10.2 Å². The minimum atomic E-state index is -0.0808. The molecule has 0 radical (unpaired) electrons. The second-order valence-corrected chi connectivity index (χ2v) is 8.27. The van der Waals surface area contributed by atoms with Crippen molar-refractivity contribution in [3.05, 3.63) is 68.4 Å². The number of benzene rings is 1. The van der Waals surface area contributed by atoms with Gasteiger partial charge in [-0.25, -0.2) is 4.98 Å². The molecule has 0 atom stereocenters. The molecule has 3 heterocycles. The monoisotopic (exact) mass is 448 g/mol. The standard InChI is InChI=1S/C19H18Cl2N6OS/c1-12-17(21)13(2)27(24-12)11-29-19-23-16-6-4-3-5-15(16)18(28)26(19)8-7-25-10-14(20)9-22-25/h3-6,9-10H,7-8,11H2,1-2H3. The Morgan fingerprint density at radius 3 is 2.62 bits per heavy atom. The molecule has 4 aromatic rings. The van der Waals surface area contributed by atoms with Crippen molar-refractivity contribution in [3.63, 3.8) is 0 Å². The van der Waals surface area contributed by atoms with Gasteiger partial charge in [0, 0.05) is 12.7 Å². The number of fused-ring (bicyclic) bond motifs is 1. The van der Waals surface area contributed by atoms with E-state index in [1.807, 2.05) is 36.7 Å². The van der Waals surface area contributed by atoms with Crippen molar-refractivity contribution in [2.45, 2.75) is 38.0 Å². The van der Waals surface area contributed by atoms with Gasteiger partial charge in [-0.2, -0.15) is 10.2 Å². The van der Waals surface area contributed by atoms with Crippen LogP contribution in [0.1, 0.15) is 11.4 Å². The van der Waals surface area contributed by atoms with Gasteiger partial charge in [-0.15, -0.1) is 0 Å². The number of halogens is 2. The summed E-state index contributed by atoms with van der Waals surface area (Å²) in [5.41, 5.74) is 2.26. The molecule has 0 aliphatic rings. The highest BCUT2D eigenvalue weighted by Crippen LogP contribution is 2.24. The lowest BCUT2D eigenvalue weighted by molar-refractivity contribution is 0.492. The first-order valence-corrected chi connectivity index (χ1v) is 10.7. The van der Waals surface area contributed by atoms with Crippen molar-refractivity contribution in [1.29, 1.82) is 0 Å². The molecule has 0 fully saturated rings. The molecule has 4 rings (SSSR count). The molecule has 0 bridgehead atoms. The van der Waals surface area contributed by atoms with E-state index in [0.717, 1.165) is 11.4 Å². The van der Waals surface area contributed by atoms with Crippen LogP contribution in [0.4, 0.5) is 0 Å². The van der Waals surface area contributed by atoms with Crippen LogP contribution >= 0.6 is 35.0 Å². The summed E-state index contributed by atoms with van der Waals surface area (Å²) in [6.45, 7) is 4.72. The molecular weight excluding hydrogens is 431 g/mol. The zero-order chi connectivity index (χ0) is 20.5. The maximum Gasteiger partial charge on any atom is 0.262 e. The third-order valence-electron chi connectivity index (χ3n) is 4.59. The van der Waals surface area contributed by atoms with E-state index >= 15 is 0 Å². The zero-order valence-electron chi connectivity index (χ0n) is 15.8. The average molecular weight is 449 g/mol. The first kappa shape index (κ1) is 20.0. The largest absolute Gasteiger partial charge is 0.285 e. The first-order chi connectivity index (χ1) is 13.9. The van der Waals surface area contributed by atoms with Crippen LogP contribution in [0.15, 0.2) is 46.6 Å². The van der Waals surface area contributed by atoms with Crippen molar-refractivity contribution >= 4 is 45.9 Å². The number of aryl methyl sites for hydroxylation is 2. The van der Waals surface area contributed by atoms with Crippen molar-refractivity contribution in [1.82, 2.24) is 29.1 Å². The van der Waals surface area contributed by atoms with E-state index in [-0.39, 0.29) is 5.56 Å². The van der Waals surface area contributed by atoms with Crippen LogP contribution in [0.25, 0.3) is 10.9 Å². The second-order valence-electron chi connectivity index (χ2n) is 6.55. The lowest BCUT2D eigenvalue weighted by Crippen LogP contribution is -2.25. The predicted molar refractivity (Wildman–Crippen MR) is 116 cm³/mol. The smallest absolute Gasteiger partial charge is 0.262 e. The molecule has 0 amide bonds. The number of hydrogen-bond donors (Lipinski definition) is 0. The lowest BCUT2D eigenvalue weighted by Gasteiger charge is -2.13. The highest BCUT2D eigenvalue weighted by molar-refractivity contribution is 7.98. The molecule has 7 nitrogen and oxygen atoms in total. The summed E-state index contributed by atoms with van der Waals surface area (Å²) in [6.07, 6.45) is 3.30. The molecule has 0 N–H and O–H groups in total. The number of para-hydroxylation sites is 1. The Morgan fingerprint density at radius 2 is 1.93 bits per heavy atom. The van der Waals surface area contributed by atoms with Crippen LogP contribution in [0.5, 0.6) is 0 Å². The summed E-state index contributed by atoms with van der Waals surface area (Å²) < 4.78 is 5.20. The van der Waals surface area contributed by atoms with Crippen molar-refractivity contribution < 1.29 is 0 Å². The van der Waals surface area contributed by atoms with Crippen LogP contribution in [-0.4, -0.2) is 29.1 Å². The lowest BCUT2D eigenvalue weighted by atomic mass is 10.2. The summed E-state index contributed by atoms with van der Waals surface area (Å²) in [5.74, 6) is 0.498. The molecular formula is C19H18Cl2N6OS. The Bertz CT molecular complexity index is 1250. The van der Waals surface area contributed by atoms with Crippen LogP contribution in [0.2, 0.25) is 10.0 Å². The van der Waals surface area contributed by atoms with Gasteiger partial charge in [-0.3, -0.25) is 18.7 Å². The van der Waals surface area contributed by atoms with E-state index in [9.17, 15) is 4.79 Å². The van der Waals surface area contributed by atoms with Crippen molar-refractivity contribution in [2.75, 3.05) is 0 Å². The highest BCUT2D eigenvalue weighted by Gasteiger charge is 2.14. The Hall–Kier alpha value is -2.29. The molecule has 0 unspecified atom stereocenters. The maximum absolute atomic E-state index is 13.1. The summed E-state index contributed by atoms with van der Waals surface area (Å²) in [7, 11) is 0. The molecule has 3 aromatic heterocycles. The summed E-state index contributed by atoms with van der Waals surface area (Å²) in [4.78, 5) is 17.8. The van der Waals surface area contributed by atoms with E-state index in [1.54, 1.807) is 27.7 Å². The Labute approximate surface area is 181 Å². The molecule has 0 saturated carbocycles. The molecule has 1 aromatic carbocycles. The fourth-order valence-corrected chi connectivity index (χ4v) is 4.31. The molecule has 29 heavy (non-hydrogen) atoms. The number of thioether (sulfide) groups is 1. The van der Waals surface area contributed by atoms with Crippen LogP contribution in [-0.2, 0) is 19.0 Å². The quantitative estimate of drug-likeness (QED) is 0.327. The van der Waals surface area contributed by atoms with Crippen LogP contribution < -0.4 is 5.56 Å². The minimum Gasteiger partial charge on any atom is -0.285 e. The van der Waals surface area contributed by atoms with Gasteiger partial charge in [0.05, 0.1) is 51.0 Å².